The largest absolute Gasteiger partial charge is 0.440 e. The molecule has 0 spiro atoms. The van der Waals surface area contributed by atoms with Crippen LogP contribution < -0.4 is 16.1 Å². The van der Waals surface area contributed by atoms with Crippen molar-refractivity contribution in [3.63, 3.8) is 0 Å². The zero-order valence-corrected chi connectivity index (χ0v) is 13.4. The lowest BCUT2D eigenvalue weighted by molar-refractivity contribution is 0.371. The van der Waals surface area contributed by atoms with Crippen molar-refractivity contribution in [3.05, 3.63) is 73.1 Å². The van der Waals surface area contributed by atoms with Gasteiger partial charge in [0.2, 0.25) is 5.88 Å². The van der Waals surface area contributed by atoms with Crippen LogP contribution in [0.15, 0.2) is 44.9 Å². The summed E-state index contributed by atoms with van der Waals surface area (Å²) in [6, 6.07) is 8.34. The Kier molecular flexibility index (Phi) is 3.80. The van der Waals surface area contributed by atoms with Gasteiger partial charge in [-0.15, -0.1) is 0 Å². The van der Waals surface area contributed by atoms with Crippen LogP contribution in [0, 0.1) is 18.3 Å². The molecule has 5 nitrogen and oxygen atoms in total. The minimum Gasteiger partial charge on any atom is -0.440 e. The van der Waals surface area contributed by atoms with Crippen molar-refractivity contribution in [2.45, 2.75) is 12.8 Å². The van der Waals surface area contributed by atoms with Gasteiger partial charge in [-0.05, 0) is 24.6 Å². The number of nitriles is 1. The number of ether oxygens (including phenoxy) is 1. The van der Waals surface area contributed by atoms with Crippen LogP contribution in [0.3, 0.4) is 0 Å². The minimum atomic E-state index is -0.773. The van der Waals surface area contributed by atoms with Crippen LogP contribution in [0.2, 0.25) is 10.0 Å². The Labute approximate surface area is 141 Å². The van der Waals surface area contributed by atoms with E-state index in [-0.39, 0.29) is 22.8 Å². The first-order valence-electron chi connectivity index (χ1n) is 6.59. The van der Waals surface area contributed by atoms with Gasteiger partial charge >= 0.3 is 5.63 Å². The van der Waals surface area contributed by atoms with Gasteiger partial charge < -0.3 is 14.9 Å². The summed E-state index contributed by atoms with van der Waals surface area (Å²) in [6.45, 7) is 1.62. The van der Waals surface area contributed by atoms with Crippen molar-refractivity contribution in [3.8, 4) is 11.8 Å². The molecule has 2 heterocycles. The van der Waals surface area contributed by atoms with E-state index in [1.165, 1.54) is 6.07 Å². The summed E-state index contributed by atoms with van der Waals surface area (Å²) in [4.78, 5) is 12.3. The number of hydrogen-bond acceptors (Lipinski definition) is 5. The summed E-state index contributed by atoms with van der Waals surface area (Å²) < 4.78 is 10.6. The van der Waals surface area contributed by atoms with Crippen LogP contribution in [0.1, 0.15) is 22.8 Å². The average Bonchev–Trinajstić information content (AvgIpc) is 2.45. The second-order valence-corrected chi connectivity index (χ2v) is 5.86. The maximum absolute atomic E-state index is 12.3. The van der Waals surface area contributed by atoms with Crippen LogP contribution in [0.4, 0.5) is 0 Å². The molecule has 7 heteroatoms. The number of allylic oxidation sites excluding steroid dienone is 1. The highest BCUT2D eigenvalue weighted by molar-refractivity contribution is 6.35. The lowest BCUT2D eigenvalue weighted by atomic mass is 9.84. The SMILES string of the molecule is Cc1cc2c(c(=O)o1)[C@H](c1ccc(Cl)cc1Cl)C(C#N)=C(N)O2. The molecule has 23 heavy (non-hydrogen) atoms. The Morgan fingerprint density at radius 2 is 2.04 bits per heavy atom. The standard InChI is InChI=1S/C16H10Cl2N2O3/c1-7-4-12-14(16(21)22-7)13(10(6-19)15(20)23-12)9-3-2-8(17)5-11(9)18/h2-5,13H,20H2,1H3/t13-/m1/s1. The monoisotopic (exact) mass is 348 g/mol. The van der Waals surface area contributed by atoms with E-state index in [9.17, 15) is 10.1 Å². The second-order valence-electron chi connectivity index (χ2n) is 5.01. The van der Waals surface area contributed by atoms with Gasteiger partial charge in [-0.25, -0.2) is 4.79 Å². The van der Waals surface area contributed by atoms with Gasteiger partial charge in [-0.3, -0.25) is 0 Å². The van der Waals surface area contributed by atoms with E-state index in [1.54, 1.807) is 25.1 Å². The second kappa shape index (κ2) is 5.65. The molecule has 2 N–H and O–H groups in total. The van der Waals surface area contributed by atoms with E-state index in [1.807, 2.05) is 6.07 Å². The fraction of sp³-hybridized carbons (Fsp3) is 0.125. The third kappa shape index (κ3) is 2.56. The van der Waals surface area contributed by atoms with Gasteiger partial charge in [0.05, 0.1) is 11.5 Å². The van der Waals surface area contributed by atoms with Crippen molar-refractivity contribution in [2.75, 3.05) is 0 Å². The third-order valence-corrected chi connectivity index (χ3v) is 4.09. The molecule has 3 rings (SSSR count). The lowest BCUT2D eigenvalue weighted by Gasteiger charge is -2.25. The van der Waals surface area contributed by atoms with Crippen LogP contribution in [-0.4, -0.2) is 0 Å². The van der Waals surface area contributed by atoms with Gasteiger partial charge in [-0.2, -0.15) is 5.26 Å². The number of rotatable bonds is 1. The van der Waals surface area contributed by atoms with E-state index in [0.717, 1.165) is 0 Å². The van der Waals surface area contributed by atoms with E-state index in [0.29, 0.717) is 21.4 Å². The number of aryl methyl sites for hydroxylation is 1. The molecular formula is C16H10Cl2N2O3. The van der Waals surface area contributed by atoms with E-state index in [2.05, 4.69) is 0 Å². The summed E-state index contributed by atoms with van der Waals surface area (Å²) >= 11 is 12.2. The summed E-state index contributed by atoms with van der Waals surface area (Å²) in [5.74, 6) is -0.208. The van der Waals surface area contributed by atoms with Crippen molar-refractivity contribution < 1.29 is 9.15 Å². The first-order valence-corrected chi connectivity index (χ1v) is 7.35. The third-order valence-electron chi connectivity index (χ3n) is 3.53. The highest BCUT2D eigenvalue weighted by Gasteiger charge is 2.35. The Hall–Kier alpha value is -2.42. The molecule has 0 amide bonds. The molecule has 1 aromatic heterocycles. The molecule has 0 fully saturated rings. The van der Waals surface area contributed by atoms with Crippen LogP contribution >= 0.6 is 23.2 Å². The molecule has 0 aliphatic carbocycles. The number of halogens is 2. The maximum Gasteiger partial charge on any atom is 0.343 e. The quantitative estimate of drug-likeness (QED) is 0.851. The maximum atomic E-state index is 12.3. The highest BCUT2D eigenvalue weighted by atomic mass is 35.5. The predicted molar refractivity (Wildman–Crippen MR) is 85.5 cm³/mol. The number of nitrogens with two attached hydrogens (primary N) is 1. The fourth-order valence-electron chi connectivity index (χ4n) is 2.56. The van der Waals surface area contributed by atoms with Crippen molar-refractivity contribution in [1.82, 2.24) is 0 Å². The molecule has 1 aliphatic heterocycles. The summed E-state index contributed by atoms with van der Waals surface area (Å²) in [6.07, 6.45) is 0. The lowest BCUT2D eigenvalue weighted by Crippen LogP contribution is -2.26. The Balaban J connectivity index is 2.34. The molecular weight excluding hydrogens is 339 g/mol. The van der Waals surface area contributed by atoms with Gasteiger partial charge in [-0.1, -0.05) is 29.3 Å². The van der Waals surface area contributed by atoms with Crippen LogP contribution in [-0.2, 0) is 0 Å². The van der Waals surface area contributed by atoms with Gasteiger partial charge in [0, 0.05) is 16.1 Å². The zero-order chi connectivity index (χ0) is 16.7. The molecule has 0 saturated carbocycles. The smallest absolute Gasteiger partial charge is 0.343 e. The number of nitrogens with zero attached hydrogens (tertiary/aromatic N) is 1. The number of fused-ring (bicyclic) bond motifs is 1. The molecule has 0 unspecified atom stereocenters. The van der Waals surface area contributed by atoms with Crippen LogP contribution in [0.5, 0.6) is 5.75 Å². The van der Waals surface area contributed by atoms with E-state index >= 15 is 0 Å². The molecule has 1 atom stereocenters. The number of hydrogen-bond donors (Lipinski definition) is 1. The van der Waals surface area contributed by atoms with Crippen LogP contribution in [0.25, 0.3) is 0 Å². The molecule has 0 radical (unpaired) electrons. The topological polar surface area (TPSA) is 89.2 Å². The predicted octanol–water partition coefficient (Wildman–Crippen LogP) is 3.47. The van der Waals surface area contributed by atoms with Gasteiger partial charge in [0.25, 0.3) is 0 Å². The molecule has 2 aromatic rings. The molecule has 0 bridgehead atoms. The van der Waals surface area contributed by atoms with Crippen molar-refractivity contribution in [2.24, 2.45) is 5.73 Å². The Morgan fingerprint density at radius 1 is 1.30 bits per heavy atom. The first kappa shape index (κ1) is 15.5. The van der Waals surface area contributed by atoms with Crippen molar-refractivity contribution in [1.29, 1.82) is 5.26 Å². The van der Waals surface area contributed by atoms with Gasteiger partial charge in [0.15, 0.2) is 0 Å². The number of benzene rings is 1. The highest BCUT2D eigenvalue weighted by Crippen LogP contribution is 2.43. The van der Waals surface area contributed by atoms with Gasteiger partial charge in [0.1, 0.15) is 23.2 Å². The van der Waals surface area contributed by atoms with E-state index < -0.39 is 11.5 Å². The normalized spacial score (nSPS) is 16.5. The zero-order valence-electron chi connectivity index (χ0n) is 11.9. The summed E-state index contributed by atoms with van der Waals surface area (Å²) in [7, 11) is 0. The fourth-order valence-corrected chi connectivity index (χ4v) is 3.08. The molecule has 1 aromatic carbocycles. The Bertz CT molecular complexity index is 941. The summed E-state index contributed by atoms with van der Waals surface area (Å²) in [5, 5.41) is 10.2. The van der Waals surface area contributed by atoms with E-state index in [4.69, 9.17) is 38.1 Å². The minimum absolute atomic E-state index is 0.0685. The first-order chi connectivity index (χ1) is 10.9. The molecule has 116 valence electrons. The van der Waals surface area contributed by atoms with Crippen molar-refractivity contribution >= 4 is 23.2 Å². The Morgan fingerprint density at radius 3 is 2.70 bits per heavy atom. The molecule has 1 aliphatic rings. The average molecular weight is 349 g/mol. The molecule has 0 saturated heterocycles. The summed E-state index contributed by atoms with van der Waals surface area (Å²) in [5.41, 5.74) is 6.05.